The van der Waals surface area contributed by atoms with Crippen LogP contribution in [0.5, 0.6) is 11.5 Å². The molecular formula is C37H48CoN2O2. The van der Waals surface area contributed by atoms with Crippen LogP contribution < -0.4 is 10.2 Å². The summed E-state index contributed by atoms with van der Waals surface area (Å²) in [6, 6.07) is 18.1. The second kappa shape index (κ2) is 12.8. The van der Waals surface area contributed by atoms with E-state index in [1.54, 1.807) is 6.21 Å². The number of benzene rings is 3. The van der Waals surface area contributed by atoms with Gasteiger partial charge in [0.15, 0.2) is 0 Å². The Bertz CT molecular complexity index is 1450. The molecule has 42 heavy (non-hydrogen) atoms. The van der Waals surface area contributed by atoms with Gasteiger partial charge >= 0.3 is 16.8 Å². The quantitative estimate of drug-likeness (QED) is 0.264. The van der Waals surface area contributed by atoms with Gasteiger partial charge in [0, 0.05) is 11.9 Å². The zero-order chi connectivity index (χ0) is 31.0. The summed E-state index contributed by atoms with van der Waals surface area (Å²) in [6.45, 7) is 25.2. The van der Waals surface area contributed by atoms with Gasteiger partial charge in [-0.05, 0) is 82.0 Å². The summed E-state index contributed by atoms with van der Waals surface area (Å²) in [7, 11) is 0. The van der Waals surface area contributed by atoms with Crippen LogP contribution in [0.1, 0.15) is 111 Å². The average Bonchev–Trinajstić information content (AvgIpc) is 2.85. The van der Waals surface area contributed by atoms with Crippen LogP contribution in [-0.4, -0.2) is 24.0 Å². The molecular weight excluding hydrogens is 563 g/mol. The molecule has 0 heterocycles. The maximum absolute atomic E-state index is 13.5. The summed E-state index contributed by atoms with van der Waals surface area (Å²) in [5.41, 5.74) is 5.45. The Morgan fingerprint density at radius 1 is 0.690 bits per heavy atom. The Hall–Kier alpha value is -2.89. The molecule has 5 heteroatoms. The maximum Gasteiger partial charge on any atom is 2.00 e. The molecule has 4 nitrogen and oxygen atoms in total. The van der Waals surface area contributed by atoms with E-state index < -0.39 is 5.54 Å². The smallest absolute Gasteiger partial charge is 0.872 e. The number of hydrogen-bond acceptors (Lipinski definition) is 4. The molecule has 0 saturated carbocycles. The predicted octanol–water partition coefficient (Wildman–Crippen LogP) is 8.10. The van der Waals surface area contributed by atoms with E-state index in [4.69, 9.17) is 9.98 Å². The molecule has 0 amide bonds. The summed E-state index contributed by atoms with van der Waals surface area (Å²) < 4.78 is 0. The minimum atomic E-state index is -0.574. The van der Waals surface area contributed by atoms with Crippen LogP contribution >= 0.6 is 0 Å². The van der Waals surface area contributed by atoms with Gasteiger partial charge in [0.1, 0.15) is 0 Å². The Kier molecular flexibility index (Phi) is 10.7. The van der Waals surface area contributed by atoms with Crippen molar-refractivity contribution < 1.29 is 27.0 Å². The van der Waals surface area contributed by atoms with Crippen molar-refractivity contribution in [1.29, 1.82) is 0 Å². The summed E-state index contributed by atoms with van der Waals surface area (Å²) in [5, 5.41) is 27.0. The molecule has 0 aliphatic carbocycles. The standard InChI is InChI=1S/C37H50N2O2.Co/c1-24(29-20-28(34(2,3)4)21-31(33(29)41)36(8,9)10)38-23-37(11,12)39-22-27-18-26(25-16-14-13-15-17-25)19-30(32(27)40)35(5,6)7;/h13-22,40-41H,23H2,1-12H3;/q;+2/p-2. The molecule has 3 aromatic carbocycles. The van der Waals surface area contributed by atoms with Gasteiger partial charge in [-0.2, -0.15) is 0 Å². The Labute approximate surface area is 264 Å². The van der Waals surface area contributed by atoms with Crippen LogP contribution in [0.25, 0.3) is 11.1 Å². The number of rotatable bonds is 6. The monoisotopic (exact) mass is 611 g/mol. The normalized spacial score (nSPS) is 13.4. The largest absolute Gasteiger partial charge is 2.00 e. The summed E-state index contributed by atoms with van der Waals surface area (Å²) in [5.74, 6) is 0.0394. The molecule has 227 valence electrons. The molecule has 0 bridgehead atoms. The van der Waals surface area contributed by atoms with Crippen LogP contribution in [0.15, 0.2) is 64.6 Å². The summed E-state index contributed by atoms with van der Waals surface area (Å²) in [4.78, 5) is 9.69. The van der Waals surface area contributed by atoms with E-state index in [0.29, 0.717) is 23.4 Å². The van der Waals surface area contributed by atoms with Crippen molar-refractivity contribution in [3.05, 3.63) is 82.4 Å². The van der Waals surface area contributed by atoms with E-state index in [1.807, 2.05) is 57.2 Å². The van der Waals surface area contributed by atoms with Crippen molar-refractivity contribution in [2.24, 2.45) is 9.98 Å². The van der Waals surface area contributed by atoms with Crippen LogP contribution in [0.4, 0.5) is 0 Å². The van der Waals surface area contributed by atoms with Gasteiger partial charge in [-0.1, -0.05) is 122 Å². The number of nitrogens with zero attached hydrogens (tertiary/aromatic N) is 2. The molecule has 0 atom stereocenters. The predicted molar refractivity (Wildman–Crippen MR) is 172 cm³/mol. The second-order valence-electron chi connectivity index (χ2n) is 14.9. The van der Waals surface area contributed by atoms with Gasteiger partial charge in [0.25, 0.3) is 0 Å². The zero-order valence-electron chi connectivity index (χ0n) is 27.5. The van der Waals surface area contributed by atoms with E-state index in [0.717, 1.165) is 27.8 Å². The van der Waals surface area contributed by atoms with Gasteiger partial charge in [-0.25, -0.2) is 0 Å². The molecule has 0 N–H and O–H groups in total. The second-order valence-corrected chi connectivity index (χ2v) is 14.9. The SMILES string of the molecule is CC(=NCC(C)(C)N=Cc1cc(-c2ccccc2)cc(C(C)(C)C)c1[O-])c1cc(C(C)(C)C)cc(C(C)(C)C)c1[O-].[Co+2]. The first kappa shape index (κ1) is 35.3. The number of hydrogen-bond donors (Lipinski definition) is 0. The molecule has 0 aliphatic heterocycles. The average molecular weight is 612 g/mol. The third-order valence-electron chi connectivity index (χ3n) is 7.44. The third kappa shape index (κ3) is 8.58. The first-order valence-corrected chi connectivity index (χ1v) is 14.5. The van der Waals surface area contributed by atoms with E-state index in [-0.39, 0.29) is 44.5 Å². The van der Waals surface area contributed by atoms with Crippen LogP contribution in [-0.2, 0) is 33.0 Å². The topological polar surface area (TPSA) is 70.8 Å². The fourth-order valence-corrected chi connectivity index (χ4v) is 4.67. The summed E-state index contributed by atoms with van der Waals surface area (Å²) >= 11 is 0. The van der Waals surface area contributed by atoms with Crippen molar-refractivity contribution in [2.45, 2.75) is 105 Å². The molecule has 0 unspecified atom stereocenters. The van der Waals surface area contributed by atoms with Crippen molar-refractivity contribution in [2.75, 3.05) is 6.54 Å². The minimum Gasteiger partial charge on any atom is -0.872 e. The molecule has 0 saturated heterocycles. The fraction of sp³-hybridized carbons (Fsp3) is 0.459. The van der Waals surface area contributed by atoms with Gasteiger partial charge in [0.05, 0.1) is 12.1 Å². The van der Waals surface area contributed by atoms with Crippen molar-refractivity contribution in [3.63, 3.8) is 0 Å². The van der Waals surface area contributed by atoms with E-state index in [9.17, 15) is 10.2 Å². The van der Waals surface area contributed by atoms with Crippen molar-refractivity contribution in [3.8, 4) is 22.6 Å². The number of aliphatic imine (C=N–C) groups is 2. The van der Waals surface area contributed by atoms with Gasteiger partial charge in [0.2, 0.25) is 0 Å². The molecule has 0 aromatic heterocycles. The third-order valence-corrected chi connectivity index (χ3v) is 7.44. The van der Waals surface area contributed by atoms with Gasteiger partial charge in [-0.3, -0.25) is 9.98 Å². The molecule has 0 spiro atoms. The van der Waals surface area contributed by atoms with E-state index in [1.165, 1.54) is 0 Å². The van der Waals surface area contributed by atoms with Crippen molar-refractivity contribution in [1.82, 2.24) is 0 Å². The van der Waals surface area contributed by atoms with Crippen LogP contribution in [0.2, 0.25) is 0 Å². The zero-order valence-corrected chi connectivity index (χ0v) is 28.6. The van der Waals surface area contributed by atoms with Crippen molar-refractivity contribution >= 4 is 11.9 Å². The molecule has 1 radical (unpaired) electrons. The first-order chi connectivity index (χ1) is 18.7. The summed E-state index contributed by atoms with van der Waals surface area (Å²) in [6.07, 6.45) is 1.70. The van der Waals surface area contributed by atoms with E-state index >= 15 is 0 Å². The molecule has 0 fully saturated rings. The molecule has 3 aromatic rings. The minimum absolute atomic E-state index is 0. The van der Waals surface area contributed by atoms with Crippen LogP contribution in [0, 0.1) is 0 Å². The van der Waals surface area contributed by atoms with Gasteiger partial charge < -0.3 is 10.2 Å². The Morgan fingerprint density at radius 3 is 1.76 bits per heavy atom. The fourth-order valence-electron chi connectivity index (χ4n) is 4.67. The Balaban J connectivity index is 0.00000616. The maximum atomic E-state index is 13.5. The Morgan fingerprint density at radius 2 is 1.24 bits per heavy atom. The molecule has 3 rings (SSSR count). The first-order valence-electron chi connectivity index (χ1n) is 14.5. The van der Waals surface area contributed by atoms with Crippen LogP contribution in [0.3, 0.4) is 0 Å². The molecule has 0 aliphatic rings. The van der Waals surface area contributed by atoms with Gasteiger partial charge in [-0.15, -0.1) is 0 Å². The van der Waals surface area contributed by atoms with E-state index in [2.05, 4.69) is 80.5 Å².